The van der Waals surface area contributed by atoms with Gasteiger partial charge in [0, 0.05) is 12.2 Å². The molecule has 1 aromatic carbocycles. The maximum Gasteiger partial charge on any atom is 0.434 e. The molecule has 4 nitrogen and oxygen atoms in total. The summed E-state index contributed by atoms with van der Waals surface area (Å²) in [6.45, 7) is 3.32. The van der Waals surface area contributed by atoms with E-state index in [4.69, 9.17) is 0 Å². The van der Waals surface area contributed by atoms with Crippen LogP contribution in [0, 0.1) is 5.82 Å². The van der Waals surface area contributed by atoms with Crippen molar-refractivity contribution >= 4 is 5.97 Å². The van der Waals surface area contributed by atoms with Gasteiger partial charge in [-0.1, -0.05) is 0 Å². The Morgan fingerprint density at radius 3 is 2.43 bits per heavy atom. The van der Waals surface area contributed by atoms with E-state index in [0.717, 1.165) is 19.4 Å². The number of ether oxygens (including phenoxy) is 1. The number of carbonyl (C=O) groups is 1. The van der Waals surface area contributed by atoms with Crippen molar-refractivity contribution in [1.82, 2.24) is 9.55 Å². The van der Waals surface area contributed by atoms with Gasteiger partial charge in [0.1, 0.15) is 11.6 Å². The molecule has 23 heavy (non-hydrogen) atoms. The molecule has 0 fully saturated rings. The summed E-state index contributed by atoms with van der Waals surface area (Å²) in [5, 5.41) is 0. The van der Waals surface area contributed by atoms with Gasteiger partial charge >= 0.3 is 12.1 Å². The van der Waals surface area contributed by atoms with E-state index in [0.29, 0.717) is 0 Å². The Bertz CT molecular complexity index is 736. The maximum atomic E-state index is 14.2. The van der Waals surface area contributed by atoms with Crippen molar-refractivity contribution in [1.29, 1.82) is 0 Å². The minimum absolute atomic E-state index is 0.0348. The number of hydrogen-bond acceptors (Lipinski definition) is 3. The first-order valence-electron chi connectivity index (χ1n) is 6.69. The smallest absolute Gasteiger partial charge is 0.434 e. The number of aromatic nitrogens is 2. The molecule has 1 aromatic heterocycles. The van der Waals surface area contributed by atoms with Crippen LogP contribution in [0.5, 0.6) is 0 Å². The van der Waals surface area contributed by atoms with E-state index in [1.54, 1.807) is 13.8 Å². The van der Waals surface area contributed by atoms with Crippen LogP contribution < -0.4 is 0 Å². The summed E-state index contributed by atoms with van der Waals surface area (Å²) >= 11 is 0. The summed E-state index contributed by atoms with van der Waals surface area (Å²) < 4.78 is 58.5. The third-order valence-corrected chi connectivity index (χ3v) is 3.21. The molecular weight excluding hydrogens is 316 g/mol. The zero-order valence-electron chi connectivity index (χ0n) is 12.6. The molecule has 8 heteroatoms. The molecule has 0 bridgehead atoms. The van der Waals surface area contributed by atoms with Gasteiger partial charge in [0.25, 0.3) is 0 Å². The second-order valence-corrected chi connectivity index (χ2v) is 5.13. The third kappa shape index (κ3) is 3.35. The van der Waals surface area contributed by atoms with Gasteiger partial charge in [0.15, 0.2) is 5.69 Å². The Morgan fingerprint density at radius 1 is 1.30 bits per heavy atom. The number of carbonyl (C=O) groups excluding carboxylic acids is 1. The van der Waals surface area contributed by atoms with E-state index < -0.39 is 23.7 Å². The normalized spacial score (nSPS) is 11.8. The monoisotopic (exact) mass is 330 g/mol. The number of hydrogen-bond donors (Lipinski definition) is 0. The van der Waals surface area contributed by atoms with Crippen LogP contribution in [0.25, 0.3) is 11.4 Å². The highest BCUT2D eigenvalue weighted by molar-refractivity contribution is 5.89. The summed E-state index contributed by atoms with van der Waals surface area (Å²) in [6, 6.07) is 3.04. The van der Waals surface area contributed by atoms with Crippen LogP contribution in [0.1, 0.15) is 35.9 Å². The summed E-state index contributed by atoms with van der Waals surface area (Å²) in [5.41, 5.74) is -1.26. The quantitative estimate of drug-likeness (QED) is 0.629. The van der Waals surface area contributed by atoms with Gasteiger partial charge in [-0.25, -0.2) is 14.2 Å². The summed E-state index contributed by atoms with van der Waals surface area (Å²) in [5.74, 6) is -1.74. The average Bonchev–Trinajstić information content (AvgIpc) is 2.91. The third-order valence-electron chi connectivity index (χ3n) is 3.21. The summed E-state index contributed by atoms with van der Waals surface area (Å²) in [6.07, 6.45) is -3.79. The van der Waals surface area contributed by atoms with Crippen molar-refractivity contribution in [3.63, 3.8) is 0 Å². The Hall–Kier alpha value is -2.38. The number of rotatable bonds is 3. The van der Waals surface area contributed by atoms with E-state index in [2.05, 4.69) is 9.72 Å². The molecule has 124 valence electrons. The number of halogens is 4. The topological polar surface area (TPSA) is 44.1 Å². The number of esters is 1. The largest absolute Gasteiger partial charge is 0.465 e. The molecule has 0 unspecified atom stereocenters. The lowest BCUT2D eigenvalue weighted by Crippen LogP contribution is -2.05. The van der Waals surface area contributed by atoms with E-state index in [1.807, 2.05) is 0 Å². The first kappa shape index (κ1) is 17.0. The molecular formula is C15H14F4N2O2. The second-order valence-electron chi connectivity index (χ2n) is 5.13. The van der Waals surface area contributed by atoms with Gasteiger partial charge in [-0.05, 0) is 32.0 Å². The Morgan fingerprint density at radius 2 is 1.96 bits per heavy atom. The van der Waals surface area contributed by atoms with Gasteiger partial charge in [-0.3, -0.25) is 0 Å². The van der Waals surface area contributed by atoms with E-state index in [1.165, 1.54) is 16.7 Å². The van der Waals surface area contributed by atoms with Gasteiger partial charge in [-0.15, -0.1) is 0 Å². The van der Waals surface area contributed by atoms with Crippen molar-refractivity contribution in [3.8, 4) is 11.4 Å². The minimum atomic E-state index is -4.63. The molecule has 2 aromatic rings. The highest BCUT2D eigenvalue weighted by atomic mass is 19.4. The fraction of sp³-hybridized carbons (Fsp3) is 0.333. The SMILES string of the molecule is COC(=O)c1ccc(-c2nc(C(F)(F)F)cn2C(C)C)c(F)c1. The predicted molar refractivity (Wildman–Crippen MR) is 74.3 cm³/mol. The fourth-order valence-corrected chi connectivity index (χ4v) is 2.06. The Balaban J connectivity index is 2.57. The maximum absolute atomic E-state index is 14.2. The molecule has 0 spiro atoms. The lowest BCUT2D eigenvalue weighted by atomic mass is 10.1. The molecule has 1 heterocycles. The van der Waals surface area contributed by atoms with E-state index in [-0.39, 0.29) is 23.0 Å². The van der Waals surface area contributed by atoms with Crippen LogP contribution >= 0.6 is 0 Å². The first-order valence-corrected chi connectivity index (χ1v) is 6.69. The number of alkyl halides is 3. The van der Waals surface area contributed by atoms with Crippen molar-refractivity contribution in [3.05, 3.63) is 41.5 Å². The predicted octanol–water partition coefficient (Wildman–Crippen LogP) is 4.08. The summed E-state index contributed by atoms with van der Waals surface area (Å²) in [7, 11) is 1.15. The van der Waals surface area contributed by atoms with E-state index in [9.17, 15) is 22.4 Å². The lowest BCUT2D eigenvalue weighted by molar-refractivity contribution is -0.140. The number of benzene rings is 1. The average molecular weight is 330 g/mol. The molecule has 0 amide bonds. The van der Waals surface area contributed by atoms with Crippen LogP contribution in [-0.2, 0) is 10.9 Å². The van der Waals surface area contributed by atoms with Crippen molar-refractivity contribution in [2.45, 2.75) is 26.1 Å². The molecule has 0 atom stereocenters. The van der Waals surface area contributed by atoms with Gasteiger partial charge in [0.05, 0.1) is 18.2 Å². The van der Waals surface area contributed by atoms with E-state index >= 15 is 0 Å². The highest BCUT2D eigenvalue weighted by Gasteiger charge is 2.35. The van der Waals surface area contributed by atoms with Crippen LogP contribution in [0.3, 0.4) is 0 Å². The van der Waals surface area contributed by atoms with Gasteiger partial charge in [0.2, 0.25) is 0 Å². The van der Waals surface area contributed by atoms with Gasteiger partial charge < -0.3 is 9.30 Å². The molecule has 0 radical (unpaired) electrons. The van der Waals surface area contributed by atoms with Crippen LogP contribution in [0.2, 0.25) is 0 Å². The molecule has 0 aliphatic heterocycles. The van der Waals surface area contributed by atoms with Crippen molar-refractivity contribution in [2.24, 2.45) is 0 Å². The number of imidazole rings is 1. The minimum Gasteiger partial charge on any atom is -0.465 e. The standard InChI is InChI=1S/C15H14F4N2O2/c1-8(2)21-7-12(15(17,18)19)20-13(21)10-5-4-9(6-11(10)16)14(22)23-3/h4-8H,1-3H3. The van der Waals surface area contributed by atoms with Crippen molar-refractivity contribution in [2.75, 3.05) is 7.11 Å². The van der Waals surface area contributed by atoms with Crippen LogP contribution in [-0.4, -0.2) is 22.6 Å². The Kier molecular flexibility index (Phi) is 4.44. The van der Waals surface area contributed by atoms with Crippen LogP contribution in [0.15, 0.2) is 24.4 Å². The summed E-state index contributed by atoms with van der Waals surface area (Å²) in [4.78, 5) is 14.9. The molecule has 0 aliphatic rings. The lowest BCUT2D eigenvalue weighted by Gasteiger charge is -2.12. The molecule has 0 saturated heterocycles. The fourth-order valence-electron chi connectivity index (χ4n) is 2.06. The molecule has 0 aliphatic carbocycles. The zero-order chi connectivity index (χ0) is 17.4. The van der Waals surface area contributed by atoms with Crippen LogP contribution in [0.4, 0.5) is 17.6 Å². The zero-order valence-corrected chi connectivity index (χ0v) is 12.6. The second kappa shape index (κ2) is 6.02. The first-order chi connectivity index (χ1) is 10.6. The molecule has 2 rings (SSSR count). The number of nitrogens with zero attached hydrogens (tertiary/aromatic N) is 2. The molecule has 0 saturated carbocycles. The Labute approximate surface area is 129 Å². The van der Waals surface area contributed by atoms with Gasteiger partial charge in [-0.2, -0.15) is 13.2 Å². The highest BCUT2D eigenvalue weighted by Crippen LogP contribution is 2.33. The van der Waals surface area contributed by atoms with Crippen molar-refractivity contribution < 1.29 is 27.1 Å². The number of methoxy groups -OCH3 is 1. The molecule has 0 N–H and O–H groups in total.